The normalized spacial score (nSPS) is 15.4. The van der Waals surface area contributed by atoms with Crippen LogP contribution in [0.1, 0.15) is 39.3 Å². The maximum absolute atomic E-state index is 5.93. The van der Waals surface area contributed by atoms with Crippen molar-refractivity contribution in [3.8, 4) is 0 Å². The molecule has 1 aliphatic rings. The summed E-state index contributed by atoms with van der Waals surface area (Å²) in [6.45, 7) is 2.10. The molecule has 0 spiro atoms. The van der Waals surface area contributed by atoms with Gasteiger partial charge in [-0.25, -0.2) is 4.98 Å². The van der Waals surface area contributed by atoms with Gasteiger partial charge in [0, 0.05) is 22.5 Å². The van der Waals surface area contributed by atoms with Crippen molar-refractivity contribution in [3.63, 3.8) is 0 Å². The SMILES string of the molecule is Cc1cnc(C(Nc2nnc(Cc3ccc(Cl)cc3)s2)C2CC2)s1. The van der Waals surface area contributed by atoms with Gasteiger partial charge in [-0.15, -0.1) is 21.5 Å². The number of hydrogen-bond acceptors (Lipinski definition) is 6. The number of hydrogen-bond donors (Lipinski definition) is 1. The Morgan fingerprint density at radius 3 is 2.67 bits per heavy atom. The minimum Gasteiger partial charge on any atom is -0.351 e. The summed E-state index contributed by atoms with van der Waals surface area (Å²) in [4.78, 5) is 5.80. The van der Waals surface area contributed by atoms with E-state index in [2.05, 4.69) is 27.4 Å². The van der Waals surface area contributed by atoms with Crippen molar-refractivity contribution in [2.45, 2.75) is 32.2 Å². The summed E-state index contributed by atoms with van der Waals surface area (Å²) in [7, 11) is 0. The van der Waals surface area contributed by atoms with Crippen LogP contribution < -0.4 is 5.32 Å². The lowest BCUT2D eigenvalue weighted by atomic mass is 10.2. The molecular formula is C17H17ClN4S2. The second-order valence-corrected chi connectivity index (χ2v) is 8.84. The molecule has 1 atom stereocenters. The molecule has 0 bridgehead atoms. The predicted molar refractivity (Wildman–Crippen MR) is 100 cm³/mol. The monoisotopic (exact) mass is 376 g/mol. The highest BCUT2D eigenvalue weighted by Gasteiger charge is 2.34. The van der Waals surface area contributed by atoms with Gasteiger partial charge in [-0.2, -0.15) is 0 Å². The van der Waals surface area contributed by atoms with E-state index < -0.39 is 0 Å². The number of rotatable bonds is 6. The Morgan fingerprint density at radius 1 is 1.21 bits per heavy atom. The lowest BCUT2D eigenvalue weighted by molar-refractivity contribution is 0.671. The van der Waals surface area contributed by atoms with Crippen LogP contribution in [0.3, 0.4) is 0 Å². The fraction of sp³-hybridized carbons (Fsp3) is 0.353. The van der Waals surface area contributed by atoms with E-state index in [-0.39, 0.29) is 6.04 Å². The van der Waals surface area contributed by atoms with E-state index in [9.17, 15) is 0 Å². The van der Waals surface area contributed by atoms with Gasteiger partial charge >= 0.3 is 0 Å². The van der Waals surface area contributed by atoms with Gasteiger partial charge in [-0.05, 0) is 43.4 Å². The quantitative estimate of drug-likeness (QED) is 0.649. The molecule has 1 aliphatic carbocycles. The molecular weight excluding hydrogens is 360 g/mol. The molecule has 24 heavy (non-hydrogen) atoms. The van der Waals surface area contributed by atoms with Crippen molar-refractivity contribution in [2.75, 3.05) is 5.32 Å². The molecule has 4 rings (SSSR count). The Hall–Kier alpha value is -1.50. The first-order chi connectivity index (χ1) is 11.7. The van der Waals surface area contributed by atoms with Gasteiger partial charge in [0.05, 0.1) is 6.04 Å². The first kappa shape index (κ1) is 16.0. The van der Waals surface area contributed by atoms with Crippen LogP contribution in [0.2, 0.25) is 5.02 Å². The van der Waals surface area contributed by atoms with Crippen LogP contribution in [0, 0.1) is 12.8 Å². The Kier molecular flexibility index (Phi) is 4.52. The maximum atomic E-state index is 5.93. The molecule has 1 aromatic carbocycles. The summed E-state index contributed by atoms with van der Waals surface area (Å²) >= 11 is 9.31. The van der Waals surface area contributed by atoms with E-state index in [0.29, 0.717) is 5.92 Å². The van der Waals surface area contributed by atoms with Crippen LogP contribution in [-0.2, 0) is 6.42 Å². The summed E-state index contributed by atoms with van der Waals surface area (Å²) in [5.41, 5.74) is 1.19. The van der Waals surface area contributed by atoms with E-state index >= 15 is 0 Å². The molecule has 0 amide bonds. The number of anilines is 1. The summed E-state index contributed by atoms with van der Waals surface area (Å²) in [5.74, 6) is 0.666. The summed E-state index contributed by atoms with van der Waals surface area (Å²) in [6.07, 6.45) is 5.24. The molecule has 4 nitrogen and oxygen atoms in total. The van der Waals surface area contributed by atoms with Crippen LogP contribution >= 0.6 is 34.3 Å². The van der Waals surface area contributed by atoms with Gasteiger partial charge in [-0.1, -0.05) is 35.1 Å². The highest BCUT2D eigenvalue weighted by atomic mass is 35.5. The molecule has 0 radical (unpaired) electrons. The molecule has 2 heterocycles. The lowest BCUT2D eigenvalue weighted by Gasteiger charge is -2.14. The number of aryl methyl sites for hydroxylation is 1. The fourth-order valence-electron chi connectivity index (χ4n) is 2.62. The Balaban J connectivity index is 1.46. The average Bonchev–Trinajstić information content (AvgIpc) is 3.17. The van der Waals surface area contributed by atoms with Crippen molar-refractivity contribution in [2.24, 2.45) is 5.92 Å². The molecule has 7 heteroatoms. The Bertz CT molecular complexity index is 823. The zero-order chi connectivity index (χ0) is 16.5. The van der Waals surface area contributed by atoms with Crippen molar-refractivity contribution in [1.82, 2.24) is 15.2 Å². The van der Waals surface area contributed by atoms with Crippen molar-refractivity contribution < 1.29 is 0 Å². The van der Waals surface area contributed by atoms with Gasteiger partial charge in [0.2, 0.25) is 5.13 Å². The molecule has 1 unspecified atom stereocenters. The number of benzene rings is 1. The molecule has 0 aliphatic heterocycles. The van der Waals surface area contributed by atoms with Gasteiger partial charge in [-0.3, -0.25) is 0 Å². The van der Waals surface area contributed by atoms with Crippen LogP contribution in [-0.4, -0.2) is 15.2 Å². The second kappa shape index (κ2) is 6.78. The average molecular weight is 377 g/mol. The molecule has 1 fully saturated rings. The molecule has 0 saturated heterocycles. The first-order valence-corrected chi connectivity index (χ1v) is 9.94. The van der Waals surface area contributed by atoms with E-state index in [1.54, 1.807) is 22.7 Å². The maximum Gasteiger partial charge on any atom is 0.206 e. The number of nitrogens with zero attached hydrogens (tertiary/aromatic N) is 3. The summed E-state index contributed by atoms with van der Waals surface area (Å²) in [6, 6.07) is 8.14. The zero-order valence-corrected chi connectivity index (χ0v) is 15.6. The Morgan fingerprint density at radius 2 is 2.00 bits per heavy atom. The first-order valence-electron chi connectivity index (χ1n) is 7.93. The third-order valence-corrected chi connectivity index (χ3v) is 6.12. The number of aromatic nitrogens is 3. The van der Waals surface area contributed by atoms with E-state index in [1.807, 2.05) is 30.5 Å². The van der Waals surface area contributed by atoms with Crippen LogP contribution in [0.4, 0.5) is 5.13 Å². The molecule has 2 aromatic heterocycles. The summed E-state index contributed by atoms with van der Waals surface area (Å²) in [5, 5.41) is 16.0. The highest BCUT2D eigenvalue weighted by molar-refractivity contribution is 7.15. The smallest absolute Gasteiger partial charge is 0.206 e. The van der Waals surface area contributed by atoms with Gasteiger partial charge in [0.15, 0.2) is 0 Å². The van der Waals surface area contributed by atoms with Crippen molar-refractivity contribution >= 4 is 39.4 Å². The number of nitrogens with one attached hydrogen (secondary N) is 1. The molecule has 3 aromatic rings. The van der Waals surface area contributed by atoms with Crippen LogP contribution in [0.15, 0.2) is 30.5 Å². The van der Waals surface area contributed by atoms with Crippen LogP contribution in [0.25, 0.3) is 0 Å². The molecule has 124 valence electrons. The third-order valence-electron chi connectivity index (χ3n) is 4.01. The zero-order valence-electron chi connectivity index (χ0n) is 13.2. The topological polar surface area (TPSA) is 50.7 Å². The largest absolute Gasteiger partial charge is 0.351 e. The van der Waals surface area contributed by atoms with Gasteiger partial charge in [0.1, 0.15) is 10.0 Å². The lowest BCUT2D eigenvalue weighted by Crippen LogP contribution is -2.12. The standard InChI is InChI=1S/C17H17ClN4S2/c1-10-9-19-16(23-10)15(12-4-5-12)20-17-22-21-14(24-17)8-11-2-6-13(18)7-3-11/h2-3,6-7,9,12,15H,4-5,8H2,1H3,(H,20,22). The van der Waals surface area contributed by atoms with Gasteiger partial charge < -0.3 is 5.32 Å². The number of halogens is 1. The second-order valence-electron chi connectivity index (χ2n) is 6.07. The van der Waals surface area contributed by atoms with Crippen LogP contribution in [0.5, 0.6) is 0 Å². The number of thiazole rings is 1. The third kappa shape index (κ3) is 3.77. The Labute approximate surface area is 153 Å². The minimum atomic E-state index is 0.264. The van der Waals surface area contributed by atoms with Gasteiger partial charge in [0.25, 0.3) is 0 Å². The van der Waals surface area contributed by atoms with E-state index in [0.717, 1.165) is 26.6 Å². The van der Waals surface area contributed by atoms with E-state index in [1.165, 1.54) is 23.3 Å². The summed E-state index contributed by atoms with van der Waals surface area (Å²) < 4.78 is 0. The fourth-order valence-corrected chi connectivity index (χ4v) is 4.48. The highest BCUT2D eigenvalue weighted by Crippen LogP contribution is 2.44. The van der Waals surface area contributed by atoms with Crippen molar-refractivity contribution in [1.29, 1.82) is 0 Å². The predicted octanol–water partition coefficient (Wildman–Crippen LogP) is 5.11. The molecule has 1 N–H and O–H groups in total. The van der Waals surface area contributed by atoms with E-state index in [4.69, 9.17) is 11.6 Å². The minimum absolute atomic E-state index is 0.264. The van der Waals surface area contributed by atoms with Crippen molar-refractivity contribution in [3.05, 3.63) is 55.9 Å². The molecule has 1 saturated carbocycles.